The highest BCUT2D eigenvalue weighted by Crippen LogP contribution is 2.44. The summed E-state index contributed by atoms with van der Waals surface area (Å²) in [6, 6.07) is 8.10. The van der Waals surface area contributed by atoms with E-state index in [4.69, 9.17) is 4.74 Å². The lowest BCUT2D eigenvalue weighted by atomic mass is 9.96. The molecule has 2 aromatic heterocycles. The van der Waals surface area contributed by atoms with Gasteiger partial charge in [-0.15, -0.1) is 11.3 Å². The average Bonchev–Trinajstić information content (AvgIpc) is 3.40. The Morgan fingerprint density at radius 1 is 1.37 bits per heavy atom. The van der Waals surface area contributed by atoms with Gasteiger partial charge in [-0.3, -0.25) is 4.79 Å². The Morgan fingerprint density at radius 3 is 2.90 bits per heavy atom. The summed E-state index contributed by atoms with van der Waals surface area (Å²) < 4.78 is 47.4. The zero-order valence-corrected chi connectivity index (χ0v) is 16.8. The molecule has 3 heterocycles. The summed E-state index contributed by atoms with van der Waals surface area (Å²) >= 11 is 1.48. The molecule has 0 saturated heterocycles. The number of hydrogen-bond donors (Lipinski definition) is 2. The maximum absolute atomic E-state index is 13.8. The summed E-state index contributed by atoms with van der Waals surface area (Å²) in [7, 11) is 1.50. The molecular weight excluding hydrogens is 417 g/mol. The number of nitrogens with zero attached hydrogens (tertiary/aromatic N) is 2. The number of aromatic nitrogens is 2. The van der Waals surface area contributed by atoms with Gasteiger partial charge in [0.1, 0.15) is 17.1 Å². The van der Waals surface area contributed by atoms with Crippen LogP contribution in [0, 0.1) is 0 Å². The first kappa shape index (κ1) is 20.3. The van der Waals surface area contributed by atoms with Crippen molar-refractivity contribution in [1.29, 1.82) is 0 Å². The zero-order chi connectivity index (χ0) is 21.3. The van der Waals surface area contributed by atoms with Crippen molar-refractivity contribution in [3.05, 3.63) is 64.0 Å². The van der Waals surface area contributed by atoms with E-state index in [0.717, 1.165) is 9.56 Å². The van der Waals surface area contributed by atoms with E-state index in [1.807, 2.05) is 17.5 Å². The molecule has 1 amide bonds. The van der Waals surface area contributed by atoms with Gasteiger partial charge in [0, 0.05) is 11.3 Å². The van der Waals surface area contributed by atoms with Crippen molar-refractivity contribution in [2.45, 2.75) is 31.2 Å². The minimum absolute atomic E-state index is 0.0556. The number of benzene rings is 1. The highest BCUT2D eigenvalue weighted by molar-refractivity contribution is 7.09. The van der Waals surface area contributed by atoms with Crippen LogP contribution in [0.25, 0.3) is 0 Å². The Labute approximate surface area is 174 Å². The summed E-state index contributed by atoms with van der Waals surface area (Å²) in [5, 5.41) is 11.6. The molecule has 0 spiro atoms. The molecule has 1 aliphatic heterocycles. The second-order valence-corrected chi connectivity index (χ2v) is 7.91. The normalized spacial score (nSPS) is 18.4. The number of fused-ring (bicyclic) bond motifs is 1. The first-order valence-electron chi connectivity index (χ1n) is 9.22. The number of methoxy groups -OCH3 is 1. The van der Waals surface area contributed by atoms with Crippen LogP contribution in [0.4, 0.5) is 19.0 Å². The third-order valence-corrected chi connectivity index (χ3v) is 5.86. The number of carbonyl (C=O) groups excluding carboxylic acids is 1. The van der Waals surface area contributed by atoms with Crippen LogP contribution in [-0.4, -0.2) is 29.0 Å². The van der Waals surface area contributed by atoms with Gasteiger partial charge in [-0.05, 0) is 29.1 Å². The summed E-state index contributed by atoms with van der Waals surface area (Å²) in [6.45, 7) is 0.295. The van der Waals surface area contributed by atoms with Gasteiger partial charge in [-0.1, -0.05) is 18.2 Å². The molecule has 6 nitrogen and oxygen atoms in total. The van der Waals surface area contributed by atoms with Gasteiger partial charge in [0.05, 0.1) is 25.9 Å². The van der Waals surface area contributed by atoms with E-state index >= 15 is 0 Å². The van der Waals surface area contributed by atoms with Gasteiger partial charge in [0.15, 0.2) is 6.04 Å². The number of halogens is 3. The monoisotopic (exact) mass is 436 g/mol. The number of rotatable bonds is 5. The summed E-state index contributed by atoms with van der Waals surface area (Å²) in [5.41, 5.74) is 0.717. The molecule has 2 atom stereocenters. The Kier molecular flexibility index (Phi) is 5.42. The van der Waals surface area contributed by atoms with Crippen molar-refractivity contribution in [2.75, 3.05) is 12.4 Å². The number of amides is 1. The third kappa shape index (κ3) is 4.00. The highest BCUT2D eigenvalue weighted by Gasteiger charge is 2.47. The van der Waals surface area contributed by atoms with Crippen molar-refractivity contribution in [3.63, 3.8) is 0 Å². The lowest BCUT2D eigenvalue weighted by Crippen LogP contribution is -2.36. The molecule has 0 aliphatic carbocycles. The van der Waals surface area contributed by atoms with E-state index in [0.29, 0.717) is 17.9 Å². The third-order valence-electron chi connectivity index (χ3n) is 4.98. The van der Waals surface area contributed by atoms with Crippen LogP contribution >= 0.6 is 11.3 Å². The number of anilines is 1. The molecule has 0 bridgehead atoms. The number of hydrogen-bond acceptors (Lipinski definition) is 5. The molecule has 2 N–H and O–H groups in total. The number of carbonyl (C=O) groups is 1. The maximum atomic E-state index is 13.8. The van der Waals surface area contributed by atoms with Crippen molar-refractivity contribution < 1.29 is 22.7 Å². The van der Waals surface area contributed by atoms with Gasteiger partial charge in [0.2, 0.25) is 0 Å². The van der Waals surface area contributed by atoms with E-state index in [2.05, 4.69) is 15.7 Å². The minimum Gasteiger partial charge on any atom is -0.497 e. The van der Waals surface area contributed by atoms with Crippen LogP contribution in [0.3, 0.4) is 0 Å². The van der Waals surface area contributed by atoms with E-state index in [-0.39, 0.29) is 17.8 Å². The van der Waals surface area contributed by atoms with Gasteiger partial charge >= 0.3 is 6.18 Å². The summed E-state index contributed by atoms with van der Waals surface area (Å²) in [5.74, 6) is 0.121. The van der Waals surface area contributed by atoms with E-state index in [1.165, 1.54) is 24.6 Å². The smallest absolute Gasteiger partial charge is 0.410 e. The van der Waals surface area contributed by atoms with Crippen LogP contribution < -0.4 is 15.4 Å². The minimum atomic E-state index is -4.51. The Balaban J connectivity index is 1.65. The molecule has 3 aromatic rings. The molecule has 0 radical (unpaired) electrons. The molecular formula is C20H19F3N4O2S. The largest absolute Gasteiger partial charge is 0.497 e. The quantitative estimate of drug-likeness (QED) is 0.616. The molecule has 2 unspecified atom stereocenters. The summed E-state index contributed by atoms with van der Waals surface area (Å²) in [6.07, 6.45) is -3.58. The average molecular weight is 436 g/mol. The number of ether oxygens (including phenoxy) is 1. The van der Waals surface area contributed by atoms with Crippen LogP contribution in [0.1, 0.15) is 39.3 Å². The molecule has 30 heavy (non-hydrogen) atoms. The molecule has 158 valence electrons. The number of thiophene rings is 1. The second kappa shape index (κ2) is 8.02. The van der Waals surface area contributed by atoms with Crippen LogP contribution in [0.15, 0.2) is 48.0 Å². The second-order valence-electron chi connectivity index (χ2n) is 6.88. The van der Waals surface area contributed by atoms with Crippen molar-refractivity contribution in [1.82, 2.24) is 15.1 Å². The molecule has 1 aromatic carbocycles. The molecule has 1 aliphatic rings. The fourth-order valence-electron chi connectivity index (χ4n) is 3.48. The maximum Gasteiger partial charge on any atom is 0.410 e. The van der Waals surface area contributed by atoms with E-state index in [1.54, 1.807) is 24.3 Å². The van der Waals surface area contributed by atoms with Gasteiger partial charge in [-0.25, -0.2) is 4.68 Å². The number of nitrogens with one attached hydrogen (secondary N) is 2. The van der Waals surface area contributed by atoms with Crippen LogP contribution in [0.2, 0.25) is 0 Å². The topological polar surface area (TPSA) is 68.2 Å². The fraction of sp³-hybridized carbons (Fsp3) is 0.300. The fourth-order valence-corrected chi connectivity index (χ4v) is 4.13. The zero-order valence-electron chi connectivity index (χ0n) is 15.9. The summed E-state index contributed by atoms with van der Waals surface area (Å²) in [4.78, 5) is 13.6. The van der Waals surface area contributed by atoms with Gasteiger partial charge in [0.25, 0.3) is 5.91 Å². The van der Waals surface area contributed by atoms with Crippen LogP contribution in [0.5, 0.6) is 5.75 Å². The standard InChI is InChI=1S/C20H19F3N4O2S/c1-29-13-5-2-4-12(8-13)16-9-17(20(21,22)23)27-18(26-16)15(11-25-27)19(28)24-10-14-6-3-7-30-14/h2-8,11,16-17,26H,9-10H2,1H3,(H,24,28). The molecule has 10 heteroatoms. The predicted octanol–water partition coefficient (Wildman–Crippen LogP) is 4.54. The van der Waals surface area contributed by atoms with Crippen molar-refractivity contribution in [3.8, 4) is 5.75 Å². The van der Waals surface area contributed by atoms with E-state index < -0.39 is 24.2 Å². The molecule has 0 saturated carbocycles. The van der Waals surface area contributed by atoms with Crippen molar-refractivity contribution >= 4 is 23.1 Å². The Morgan fingerprint density at radius 2 is 2.20 bits per heavy atom. The Hall–Kier alpha value is -3.01. The first-order chi connectivity index (χ1) is 14.4. The lowest BCUT2D eigenvalue weighted by Gasteiger charge is -2.34. The molecule has 0 fully saturated rings. The predicted molar refractivity (Wildman–Crippen MR) is 107 cm³/mol. The lowest BCUT2D eigenvalue weighted by molar-refractivity contribution is -0.173. The van der Waals surface area contributed by atoms with Gasteiger partial charge < -0.3 is 15.4 Å². The Bertz CT molecular complexity index is 1030. The highest BCUT2D eigenvalue weighted by atomic mass is 32.1. The van der Waals surface area contributed by atoms with Crippen molar-refractivity contribution in [2.24, 2.45) is 0 Å². The van der Waals surface area contributed by atoms with Crippen LogP contribution in [-0.2, 0) is 6.54 Å². The van der Waals surface area contributed by atoms with Gasteiger partial charge in [-0.2, -0.15) is 18.3 Å². The molecule has 4 rings (SSSR count). The number of alkyl halides is 3. The first-order valence-corrected chi connectivity index (χ1v) is 10.1. The van der Waals surface area contributed by atoms with E-state index in [9.17, 15) is 18.0 Å². The SMILES string of the molecule is COc1cccc(C2CC(C(F)(F)F)n3ncc(C(=O)NCc4cccs4)c3N2)c1.